The molecule has 1 atom stereocenters. The quantitative estimate of drug-likeness (QED) is 0.731. The number of phenolic OH excluding ortho intramolecular Hbond substituents is 1. The highest BCUT2D eigenvalue weighted by Crippen LogP contribution is 2.29. The van der Waals surface area contributed by atoms with Crippen LogP contribution in [0.15, 0.2) is 22.7 Å². The standard InChI is InChI=1S/C13H13BrN4O2/c14-8-2-4-10(12(19)6-8)15-13(20)7-1-3-9-11(5-7)17-18-16-9/h2,4,6-7,19H,1,3,5H2,(H,15,20)(H,16,17,18). The van der Waals surface area contributed by atoms with Crippen LogP contribution in [0.2, 0.25) is 0 Å². The molecule has 1 aromatic heterocycles. The molecule has 1 amide bonds. The molecule has 2 aromatic rings. The molecule has 0 aliphatic heterocycles. The number of nitrogens with one attached hydrogen (secondary N) is 2. The number of aromatic amines is 1. The molecule has 1 aromatic carbocycles. The fourth-order valence-electron chi connectivity index (χ4n) is 2.35. The molecule has 0 saturated heterocycles. The zero-order chi connectivity index (χ0) is 14.1. The largest absolute Gasteiger partial charge is 0.506 e. The van der Waals surface area contributed by atoms with Crippen LogP contribution in [0.5, 0.6) is 5.75 Å². The lowest BCUT2D eigenvalue weighted by Gasteiger charge is -2.20. The van der Waals surface area contributed by atoms with Crippen LogP contribution >= 0.6 is 15.9 Å². The number of aryl methyl sites for hydroxylation is 1. The second-order valence-corrected chi connectivity index (χ2v) is 5.72. The molecule has 1 unspecified atom stereocenters. The van der Waals surface area contributed by atoms with E-state index in [0.717, 1.165) is 28.7 Å². The Balaban J connectivity index is 1.71. The van der Waals surface area contributed by atoms with Gasteiger partial charge < -0.3 is 10.4 Å². The number of carbonyl (C=O) groups is 1. The third kappa shape index (κ3) is 2.53. The maximum absolute atomic E-state index is 12.2. The molecule has 6 nitrogen and oxygen atoms in total. The van der Waals surface area contributed by atoms with Gasteiger partial charge in [0.25, 0.3) is 0 Å². The molecule has 0 bridgehead atoms. The molecule has 7 heteroatoms. The number of halogens is 1. The van der Waals surface area contributed by atoms with Crippen LogP contribution in [0.25, 0.3) is 0 Å². The number of anilines is 1. The Morgan fingerprint density at radius 1 is 1.40 bits per heavy atom. The predicted molar refractivity (Wildman–Crippen MR) is 76.3 cm³/mol. The predicted octanol–water partition coefficient (Wildman–Crippen LogP) is 2.02. The zero-order valence-electron chi connectivity index (χ0n) is 10.6. The fourth-order valence-corrected chi connectivity index (χ4v) is 2.70. The summed E-state index contributed by atoms with van der Waals surface area (Å²) in [6.07, 6.45) is 2.06. The maximum Gasteiger partial charge on any atom is 0.227 e. The van der Waals surface area contributed by atoms with Crippen molar-refractivity contribution < 1.29 is 9.90 Å². The highest BCUT2D eigenvalue weighted by Gasteiger charge is 2.27. The molecule has 1 heterocycles. The van der Waals surface area contributed by atoms with Gasteiger partial charge in [0, 0.05) is 16.8 Å². The van der Waals surface area contributed by atoms with E-state index in [1.165, 1.54) is 0 Å². The van der Waals surface area contributed by atoms with E-state index in [1.807, 2.05) is 0 Å². The molecule has 3 rings (SSSR count). The molecule has 1 aliphatic carbocycles. The summed E-state index contributed by atoms with van der Waals surface area (Å²) in [6.45, 7) is 0. The van der Waals surface area contributed by atoms with Crippen molar-refractivity contribution in [1.29, 1.82) is 0 Å². The van der Waals surface area contributed by atoms with E-state index in [9.17, 15) is 9.90 Å². The number of H-pyrrole nitrogens is 1. The van der Waals surface area contributed by atoms with Crippen LogP contribution < -0.4 is 5.32 Å². The summed E-state index contributed by atoms with van der Waals surface area (Å²) in [6, 6.07) is 4.99. The maximum atomic E-state index is 12.2. The van der Waals surface area contributed by atoms with Crippen molar-refractivity contribution in [3.63, 3.8) is 0 Å². The van der Waals surface area contributed by atoms with E-state index in [4.69, 9.17) is 0 Å². The number of amides is 1. The number of nitrogens with zero attached hydrogens (tertiary/aromatic N) is 2. The van der Waals surface area contributed by atoms with Gasteiger partial charge in [-0.25, -0.2) is 0 Å². The first-order chi connectivity index (χ1) is 9.63. The van der Waals surface area contributed by atoms with Crippen molar-refractivity contribution in [2.75, 3.05) is 5.32 Å². The van der Waals surface area contributed by atoms with Crippen LogP contribution in [-0.2, 0) is 17.6 Å². The van der Waals surface area contributed by atoms with E-state index in [-0.39, 0.29) is 17.6 Å². The van der Waals surface area contributed by atoms with Crippen LogP contribution in [0.3, 0.4) is 0 Å². The zero-order valence-corrected chi connectivity index (χ0v) is 12.1. The van der Waals surface area contributed by atoms with Gasteiger partial charge in [-0.15, -0.1) is 0 Å². The molecule has 0 fully saturated rings. The lowest BCUT2D eigenvalue weighted by Crippen LogP contribution is -2.28. The third-order valence-electron chi connectivity index (χ3n) is 3.46. The van der Waals surface area contributed by atoms with Gasteiger partial charge >= 0.3 is 0 Å². The second kappa shape index (κ2) is 5.24. The molecule has 1 aliphatic rings. The average molecular weight is 337 g/mol. The fraction of sp³-hybridized carbons (Fsp3) is 0.308. The number of phenols is 1. The van der Waals surface area contributed by atoms with Gasteiger partial charge in [0.05, 0.1) is 17.1 Å². The van der Waals surface area contributed by atoms with Gasteiger partial charge in [-0.2, -0.15) is 15.4 Å². The normalized spacial score (nSPS) is 17.6. The Labute approximate surface area is 123 Å². The lowest BCUT2D eigenvalue weighted by molar-refractivity contribution is -0.120. The number of hydrogen-bond acceptors (Lipinski definition) is 4. The Morgan fingerprint density at radius 2 is 2.20 bits per heavy atom. The van der Waals surface area contributed by atoms with Gasteiger partial charge in [0.15, 0.2) is 0 Å². The molecule has 3 N–H and O–H groups in total. The van der Waals surface area contributed by atoms with Crippen molar-refractivity contribution in [3.05, 3.63) is 34.1 Å². The number of carbonyl (C=O) groups excluding carboxylic acids is 1. The number of fused-ring (bicyclic) bond motifs is 1. The van der Waals surface area contributed by atoms with Crippen molar-refractivity contribution in [2.24, 2.45) is 5.92 Å². The summed E-state index contributed by atoms with van der Waals surface area (Å²) in [5.74, 6) is -0.197. The minimum Gasteiger partial charge on any atom is -0.506 e. The molecule has 104 valence electrons. The Hall–Kier alpha value is -1.89. The van der Waals surface area contributed by atoms with E-state index >= 15 is 0 Å². The van der Waals surface area contributed by atoms with E-state index < -0.39 is 0 Å². The number of benzene rings is 1. The smallest absolute Gasteiger partial charge is 0.227 e. The highest BCUT2D eigenvalue weighted by atomic mass is 79.9. The monoisotopic (exact) mass is 336 g/mol. The van der Waals surface area contributed by atoms with Gasteiger partial charge in [-0.1, -0.05) is 15.9 Å². The van der Waals surface area contributed by atoms with Gasteiger partial charge in [-0.05, 0) is 31.0 Å². The molecular weight excluding hydrogens is 324 g/mol. The lowest BCUT2D eigenvalue weighted by atomic mass is 9.89. The minimum atomic E-state index is -0.143. The highest BCUT2D eigenvalue weighted by molar-refractivity contribution is 9.10. The SMILES string of the molecule is O=C(Nc1ccc(Br)cc1O)C1CCc2n[nH]nc2C1. The van der Waals surface area contributed by atoms with Crippen LogP contribution in [0.4, 0.5) is 5.69 Å². The second-order valence-electron chi connectivity index (χ2n) is 4.81. The first-order valence-corrected chi connectivity index (χ1v) is 7.10. The van der Waals surface area contributed by atoms with Crippen molar-refractivity contribution >= 4 is 27.5 Å². The van der Waals surface area contributed by atoms with E-state index in [2.05, 4.69) is 36.7 Å². The van der Waals surface area contributed by atoms with E-state index in [0.29, 0.717) is 12.1 Å². The summed E-state index contributed by atoms with van der Waals surface area (Å²) in [4.78, 5) is 12.2. The summed E-state index contributed by atoms with van der Waals surface area (Å²) >= 11 is 3.26. The third-order valence-corrected chi connectivity index (χ3v) is 3.95. The Kier molecular flexibility index (Phi) is 3.43. The van der Waals surface area contributed by atoms with Gasteiger partial charge in [-0.3, -0.25) is 4.79 Å². The van der Waals surface area contributed by atoms with Crippen molar-refractivity contribution in [3.8, 4) is 5.75 Å². The summed E-state index contributed by atoms with van der Waals surface area (Å²) in [5.41, 5.74) is 2.22. The minimum absolute atomic E-state index is 0.0469. The van der Waals surface area contributed by atoms with Crippen molar-refractivity contribution in [1.82, 2.24) is 15.4 Å². The average Bonchev–Trinajstić information content (AvgIpc) is 2.89. The van der Waals surface area contributed by atoms with Crippen LogP contribution in [0, 0.1) is 5.92 Å². The van der Waals surface area contributed by atoms with Gasteiger partial charge in [0.1, 0.15) is 5.75 Å². The number of aromatic nitrogens is 3. The van der Waals surface area contributed by atoms with Crippen LogP contribution in [-0.4, -0.2) is 26.4 Å². The molecule has 20 heavy (non-hydrogen) atoms. The molecular formula is C13H13BrN4O2. The number of aromatic hydroxyl groups is 1. The van der Waals surface area contributed by atoms with Crippen LogP contribution in [0.1, 0.15) is 17.8 Å². The van der Waals surface area contributed by atoms with Gasteiger partial charge in [0.2, 0.25) is 5.91 Å². The molecule has 0 saturated carbocycles. The summed E-state index contributed by atoms with van der Waals surface area (Å²) in [5, 5.41) is 23.2. The van der Waals surface area contributed by atoms with E-state index in [1.54, 1.807) is 18.2 Å². The van der Waals surface area contributed by atoms with Crippen molar-refractivity contribution in [2.45, 2.75) is 19.3 Å². The number of hydrogen-bond donors (Lipinski definition) is 3. The summed E-state index contributed by atoms with van der Waals surface area (Å²) < 4.78 is 0.762. The Bertz CT molecular complexity index is 656. The summed E-state index contributed by atoms with van der Waals surface area (Å²) in [7, 11) is 0. The topological polar surface area (TPSA) is 90.9 Å². The Morgan fingerprint density at radius 3 is 3.00 bits per heavy atom. The molecule has 0 spiro atoms. The first kappa shape index (κ1) is 13.1. The first-order valence-electron chi connectivity index (χ1n) is 6.31. The molecule has 0 radical (unpaired) electrons. The number of rotatable bonds is 2.